The van der Waals surface area contributed by atoms with Gasteiger partial charge < -0.3 is 9.64 Å². The number of hydrogen-bond donors (Lipinski definition) is 0. The highest BCUT2D eigenvalue weighted by Gasteiger charge is 2.25. The van der Waals surface area contributed by atoms with Crippen LogP contribution in [0.15, 0.2) is 36.4 Å². The summed E-state index contributed by atoms with van der Waals surface area (Å²) >= 11 is 11.7. The number of fused-ring (bicyclic) bond motifs is 1. The lowest BCUT2D eigenvalue weighted by Crippen LogP contribution is -2.38. The first-order valence-corrected chi connectivity index (χ1v) is 8.82. The molecule has 0 bridgehead atoms. The molecule has 0 atom stereocenters. The van der Waals surface area contributed by atoms with Gasteiger partial charge in [-0.3, -0.25) is 14.9 Å². The zero-order valence-electron chi connectivity index (χ0n) is 14.0. The number of rotatable bonds is 4. The van der Waals surface area contributed by atoms with Crippen molar-refractivity contribution in [1.82, 2.24) is 0 Å². The lowest BCUT2D eigenvalue weighted by molar-refractivity contribution is -0.384. The maximum absolute atomic E-state index is 12.5. The van der Waals surface area contributed by atoms with Crippen molar-refractivity contribution in [3.05, 3.63) is 67.7 Å². The van der Waals surface area contributed by atoms with Crippen molar-refractivity contribution in [1.29, 1.82) is 0 Å². The van der Waals surface area contributed by atoms with Crippen LogP contribution in [-0.2, 0) is 16.0 Å². The maximum Gasteiger partial charge on any atom is 0.340 e. The number of nitrogens with zero attached hydrogens (tertiary/aromatic N) is 2. The van der Waals surface area contributed by atoms with E-state index >= 15 is 0 Å². The molecule has 27 heavy (non-hydrogen) atoms. The van der Waals surface area contributed by atoms with Gasteiger partial charge in [0.2, 0.25) is 0 Å². The van der Waals surface area contributed by atoms with Crippen LogP contribution in [0.2, 0.25) is 10.0 Å². The van der Waals surface area contributed by atoms with E-state index in [4.69, 9.17) is 27.9 Å². The number of halogens is 2. The number of carbonyl (C=O) groups excluding carboxylic acids is 2. The number of benzene rings is 2. The third kappa shape index (κ3) is 4.20. The number of aryl methyl sites for hydroxylation is 1. The molecular formula is C18H14Cl2N2O5. The third-order valence-electron chi connectivity index (χ3n) is 4.17. The van der Waals surface area contributed by atoms with E-state index in [1.54, 1.807) is 6.07 Å². The van der Waals surface area contributed by atoms with E-state index in [1.807, 2.05) is 0 Å². The second kappa shape index (κ2) is 7.94. The molecule has 7 nitrogen and oxygen atoms in total. The minimum atomic E-state index is -0.731. The van der Waals surface area contributed by atoms with Crippen LogP contribution in [-0.4, -0.2) is 30.0 Å². The number of esters is 1. The molecule has 0 aromatic heterocycles. The number of hydrogen-bond acceptors (Lipinski definition) is 5. The molecule has 2 aromatic carbocycles. The van der Waals surface area contributed by atoms with Crippen molar-refractivity contribution in [3.63, 3.8) is 0 Å². The summed E-state index contributed by atoms with van der Waals surface area (Å²) in [6.07, 6.45) is 1.30. The van der Waals surface area contributed by atoms with Crippen LogP contribution in [0.5, 0.6) is 0 Å². The molecule has 1 aliphatic heterocycles. The lowest BCUT2D eigenvalue weighted by Gasteiger charge is -2.29. The smallest absolute Gasteiger partial charge is 0.340 e. The first-order valence-electron chi connectivity index (χ1n) is 8.06. The van der Waals surface area contributed by atoms with Crippen LogP contribution >= 0.6 is 23.2 Å². The van der Waals surface area contributed by atoms with Gasteiger partial charge in [-0.2, -0.15) is 0 Å². The monoisotopic (exact) mass is 408 g/mol. The molecule has 9 heteroatoms. The summed E-state index contributed by atoms with van der Waals surface area (Å²) in [5, 5.41) is 11.4. The molecule has 1 heterocycles. The quantitative estimate of drug-likeness (QED) is 0.432. The van der Waals surface area contributed by atoms with Crippen molar-refractivity contribution in [3.8, 4) is 0 Å². The van der Waals surface area contributed by atoms with Crippen LogP contribution in [0.4, 0.5) is 11.4 Å². The SMILES string of the molecule is O=C(OCC(=O)N1CCCc2cc([N+](=O)[O-])ccc21)c1ccc(Cl)cc1Cl. The summed E-state index contributed by atoms with van der Waals surface area (Å²) in [6.45, 7) is -0.0168. The lowest BCUT2D eigenvalue weighted by atomic mass is 10.0. The molecule has 0 fully saturated rings. The molecule has 0 N–H and O–H groups in total. The van der Waals surface area contributed by atoms with Gasteiger partial charge >= 0.3 is 5.97 Å². The Kier molecular flexibility index (Phi) is 5.62. The van der Waals surface area contributed by atoms with Crippen LogP contribution in [0.25, 0.3) is 0 Å². The molecule has 1 aliphatic rings. The second-order valence-electron chi connectivity index (χ2n) is 5.92. The summed E-state index contributed by atoms with van der Waals surface area (Å²) in [5.41, 5.74) is 1.41. The first kappa shape index (κ1) is 19.1. The normalized spacial score (nSPS) is 13.0. The Bertz CT molecular complexity index is 932. The molecular weight excluding hydrogens is 395 g/mol. The van der Waals surface area contributed by atoms with E-state index in [0.717, 1.165) is 5.56 Å². The molecule has 140 valence electrons. The zero-order valence-corrected chi connectivity index (χ0v) is 15.5. The second-order valence-corrected chi connectivity index (χ2v) is 6.76. The van der Waals surface area contributed by atoms with Crippen molar-refractivity contribution in [2.45, 2.75) is 12.8 Å². The number of anilines is 1. The highest BCUT2D eigenvalue weighted by Crippen LogP contribution is 2.30. The van der Waals surface area contributed by atoms with Crippen molar-refractivity contribution >= 4 is 46.5 Å². The fraction of sp³-hybridized carbons (Fsp3) is 0.222. The minimum absolute atomic E-state index is 0.0214. The number of nitro benzene ring substituents is 1. The van der Waals surface area contributed by atoms with Crippen LogP contribution in [0.1, 0.15) is 22.3 Å². The first-order chi connectivity index (χ1) is 12.9. The molecule has 0 spiro atoms. The van der Waals surface area contributed by atoms with Crippen molar-refractivity contribution in [2.75, 3.05) is 18.1 Å². The highest BCUT2D eigenvalue weighted by molar-refractivity contribution is 6.36. The van der Waals surface area contributed by atoms with E-state index in [2.05, 4.69) is 0 Å². The highest BCUT2D eigenvalue weighted by atomic mass is 35.5. The molecule has 0 unspecified atom stereocenters. The number of non-ortho nitro benzene ring substituents is 1. The van der Waals surface area contributed by atoms with Gasteiger partial charge in [-0.1, -0.05) is 23.2 Å². The van der Waals surface area contributed by atoms with Gasteiger partial charge in [0.05, 0.1) is 15.5 Å². The van der Waals surface area contributed by atoms with Crippen LogP contribution < -0.4 is 4.90 Å². The molecule has 0 aliphatic carbocycles. The van der Waals surface area contributed by atoms with Crippen LogP contribution in [0.3, 0.4) is 0 Å². The summed E-state index contributed by atoms with van der Waals surface area (Å²) in [6, 6.07) is 8.70. The van der Waals surface area contributed by atoms with Gasteiger partial charge in [-0.25, -0.2) is 4.79 Å². The molecule has 0 saturated heterocycles. The molecule has 0 radical (unpaired) electrons. The van der Waals surface area contributed by atoms with Gasteiger partial charge in [-0.05, 0) is 42.7 Å². The average Bonchev–Trinajstić information content (AvgIpc) is 2.64. The summed E-state index contributed by atoms with van der Waals surface area (Å²) < 4.78 is 5.07. The average molecular weight is 409 g/mol. The molecule has 3 rings (SSSR count). The van der Waals surface area contributed by atoms with E-state index in [9.17, 15) is 19.7 Å². The Labute approximate surface area is 164 Å². The standard InChI is InChI=1S/C18H14Cl2N2O5/c19-12-3-5-14(15(20)9-12)18(24)27-10-17(23)21-7-1-2-11-8-13(22(25)26)4-6-16(11)21/h3-6,8-9H,1-2,7,10H2. The summed E-state index contributed by atoms with van der Waals surface area (Å²) in [5.74, 6) is -1.14. The largest absolute Gasteiger partial charge is 0.452 e. The maximum atomic E-state index is 12.5. The van der Waals surface area contributed by atoms with E-state index in [-0.39, 0.29) is 16.3 Å². The minimum Gasteiger partial charge on any atom is -0.452 e. The Morgan fingerprint density at radius 2 is 1.96 bits per heavy atom. The number of nitro groups is 1. The Balaban J connectivity index is 1.70. The van der Waals surface area contributed by atoms with Gasteiger partial charge in [-0.15, -0.1) is 0 Å². The number of amides is 1. The van der Waals surface area contributed by atoms with Gasteiger partial charge in [0.15, 0.2) is 6.61 Å². The van der Waals surface area contributed by atoms with E-state index < -0.39 is 23.4 Å². The molecule has 1 amide bonds. The topological polar surface area (TPSA) is 89.8 Å². The van der Waals surface area contributed by atoms with Crippen LogP contribution in [0, 0.1) is 10.1 Å². The van der Waals surface area contributed by atoms with Gasteiger partial charge in [0, 0.05) is 29.4 Å². The van der Waals surface area contributed by atoms with Crippen molar-refractivity contribution in [2.24, 2.45) is 0 Å². The number of ether oxygens (including phenoxy) is 1. The zero-order chi connectivity index (χ0) is 19.6. The third-order valence-corrected chi connectivity index (χ3v) is 4.72. The van der Waals surface area contributed by atoms with Gasteiger partial charge in [0.1, 0.15) is 0 Å². The fourth-order valence-electron chi connectivity index (χ4n) is 2.89. The Hall–Kier alpha value is -2.64. The summed E-state index contributed by atoms with van der Waals surface area (Å²) in [7, 11) is 0. The predicted molar refractivity (Wildman–Crippen MR) is 101 cm³/mol. The van der Waals surface area contributed by atoms with Gasteiger partial charge in [0.25, 0.3) is 11.6 Å². The summed E-state index contributed by atoms with van der Waals surface area (Å²) in [4.78, 5) is 36.6. The molecule has 2 aromatic rings. The van der Waals surface area contributed by atoms with E-state index in [1.165, 1.54) is 35.2 Å². The van der Waals surface area contributed by atoms with Crippen molar-refractivity contribution < 1.29 is 19.2 Å². The Morgan fingerprint density at radius 1 is 1.19 bits per heavy atom. The Morgan fingerprint density at radius 3 is 2.67 bits per heavy atom. The van der Waals surface area contributed by atoms with E-state index in [0.29, 0.717) is 30.1 Å². The number of carbonyl (C=O) groups is 2. The predicted octanol–water partition coefficient (Wildman–Crippen LogP) is 4.04. The molecule has 0 saturated carbocycles. The fourth-order valence-corrected chi connectivity index (χ4v) is 3.38.